The normalized spacial score (nSPS) is 15.1. The number of nitrogens with zero attached hydrogens (tertiary/aromatic N) is 5. The number of fused-ring (bicyclic) bond motifs is 3. The first-order chi connectivity index (χ1) is 18.3. The summed E-state index contributed by atoms with van der Waals surface area (Å²) in [5, 5.41) is 3.45. The molecule has 7 nitrogen and oxygen atoms in total. The van der Waals surface area contributed by atoms with Crippen LogP contribution in [0.4, 0.5) is 23.4 Å². The van der Waals surface area contributed by atoms with E-state index in [0.29, 0.717) is 31.7 Å². The van der Waals surface area contributed by atoms with Crippen molar-refractivity contribution in [3.05, 3.63) is 93.4 Å². The van der Waals surface area contributed by atoms with E-state index in [1.54, 1.807) is 4.90 Å². The number of hydrogen-bond donors (Lipinski definition) is 0. The summed E-state index contributed by atoms with van der Waals surface area (Å²) in [4.78, 5) is 19.1. The van der Waals surface area contributed by atoms with Crippen LogP contribution in [0.15, 0.2) is 65.8 Å². The third kappa shape index (κ3) is 6.38. The maximum atomic E-state index is 13.6. The number of rotatable bonds is 6. The van der Waals surface area contributed by atoms with Gasteiger partial charge in [-0.3, -0.25) is 4.90 Å². The molecule has 2 aliphatic rings. The van der Waals surface area contributed by atoms with Crippen molar-refractivity contribution in [2.45, 2.75) is 19.4 Å². The Morgan fingerprint density at radius 3 is 2.18 bits per heavy atom. The number of halogens is 3. The van der Waals surface area contributed by atoms with Crippen molar-refractivity contribution in [3.8, 4) is 11.1 Å². The Hall–Kier alpha value is -2.31. The van der Waals surface area contributed by atoms with E-state index in [2.05, 4.69) is 34.3 Å². The molecule has 0 bridgehead atoms. The van der Waals surface area contributed by atoms with Crippen LogP contribution in [-0.2, 0) is 11.3 Å². The summed E-state index contributed by atoms with van der Waals surface area (Å²) >= 11 is 0. The van der Waals surface area contributed by atoms with E-state index in [0.717, 1.165) is 28.3 Å². The van der Waals surface area contributed by atoms with Crippen molar-refractivity contribution in [3.63, 3.8) is 0 Å². The van der Waals surface area contributed by atoms with E-state index in [1.807, 2.05) is 29.2 Å². The molecule has 1 heterocycles. The minimum Gasteiger partial charge on any atom is -0.448 e. The van der Waals surface area contributed by atoms with Gasteiger partial charge in [-0.25, -0.2) is 4.79 Å². The molecule has 196 valence electrons. The molecule has 39 heavy (non-hydrogen) atoms. The van der Waals surface area contributed by atoms with Gasteiger partial charge in [-0.15, -0.1) is 5.46 Å². The number of benzene rings is 3. The standard InChI is InChI=1S/C27H26BF3N5O2.K/c1-18-25(28(29,30)31)14-19(15-26(18)33-34-32)16-35-10-12-36(13-11-35)27(37)38-17-24-22-8-4-2-6-20(22)21-7-3-5-9-23(21)24;/h2-9,14-15,24H,10-13,16-17H2,1H3;/q-1;+1. The minimum absolute atomic E-state index is 0. The van der Waals surface area contributed by atoms with Crippen molar-refractivity contribution < 1.29 is 73.9 Å². The van der Waals surface area contributed by atoms with E-state index >= 15 is 0 Å². The molecule has 3 aromatic rings. The average molecular weight is 559 g/mol. The van der Waals surface area contributed by atoms with Crippen LogP contribution in [-0.4, -0.2) is 55.7 Å². The Morgan fingerprint density at radius 1 is 1.03 bits per heavy atom. The number of ether oxygens (including phenoxy) is 1. The molecule has 0 unspecified atom stereocenters. The van der Waals surface area contributed by atoms with Gasteiger partial charge in [0.15, 0.2) is 0 Å². The molecular formula is C27H26BF3KN5O2. The van der Waals surface area contributed by atoms with E-state index in [1.165, 1.54) is 13.0 Å². The molecule has 1 fully saturated rings. The van der Waals surface area contributed by atoms with Crippen molar-refractivity contribution in [1.82, 2.24) is 9.80 Å². The molecule has 1 saturated heterocycles. The fourth-order valence-electron chi connectivity index (χ4n) is 5.40. The van der Waals surface area contributed by atoms with Gasteiger partial charge in [-0.05, 0) is 46.3 Å². The average Bonchev–Trinajstić information content (AvgIpc) is 3.22. The Balaban J connectivity index is 0.00000353. The molecule has 0 aromatic heterocycles. The molecule has 5 rings (SSSR count). The number of hydrogen-bond acceptors (Lipinski definition) is 4. The zero-order valence-electron chi connectivity index (χ0n) is 21.9. The molecule has 0 radical (unpaired) electrons. The maximum Gasteiger partial charge on any atom is 1.00 e. The quantitative estimate of drug-likeness (QED) is 0.202. The largest absolute Gasteiger partial charge is 1.00 e. The minimum atomic E-state index is -5.25. The van der Waals surface area contributed by atoms with Crippen LogP contribution < -0.4 is 56.8 Å². The SMILES string of the molecule is Cc1c(N=[N+]=[N-])cc(CN2CCN(C(=O)OCC3c4ccccc4-c4ccccc43)CC2)cc1[B-](F)(F)F.[K+]. The molecule has 3 aromatic carbocycles. The molecule has 0 spiro atoms. The third-order valence-electron chi connectivity index (χ3n) is 7.36. The zero-order valence-corrected chi connectivity index (χ0v) is 25.0. The van der Waals surface area contributed by atoms with Crippen LogP contribution in [0.3, 0.4) is 0 Å². The van der Waals surface area contributed by atoms with Crippen molar-refractivity contribution in [1.29, 1.82) is 0 Å². The summed E-state index contributed by atoms with van der Waals surface area (Å²) in [6.07, 6.45) is -0.394. The summed E-state index contributed by atoms with van der Waals surface area (Å²) < 4.78 is 46.5. The molecule has 1 aliphatic heterocycles. The van der Waals surface area contributed by atoms with Crippen LogP contribution in [0.5, 0.6) is 0 Å². The first-order valence-electron chi connectivity index (χ1n) is 12.5. The molecule has 0 saturated carbocycles. The second kappa shape index (κ2) is 12.5. The Labute approximate surface area is 267 Å². The number of amides is 1. The van der Waals surface area contributed by atoms with Gasteiger partial charge in [-0.1, -0.05) is 65.3 Å². The fraction of sp³-hybridized carbons (Fsp3) is 0.296. The van der Waals surface area contributed by atoms with Gasteiger partial charge in [0.2, 0.25) is 0 Å². The summed E-state index contributed by atoms with van der Waals surface area (Å²) in [7, 11) is 0. The Morgan fingerprint density at radius 2 is 1.62 bits per heavy atom. The second-order valence-corrected chi connectivity index (χ2v) is 9.66. The topological polar surface area (TPSA) is 81.5 Å². The van der Waals surface area contributed by atoms with Gasteiger partial charge in [-0.2, -0.15) is 0 Å². The van der Waals surface area contributed by atoms with E-state index < -0.39 is 18.5 Å². The van der Waals surface area contributed by atoms with Gasteiger partial charge in [0.05, 0.1) is 0 Å². The molecule has 1 aliphatic carbocycles. The zero-order chi connectivity index (χ0) is 26.9. The summed E-state index contributed by atoms with van der Waals surface area (Å²) in [6, 6.07) is 18.9. The second-order valence-electron chi connectivity index (χ2n) is 9.66. The molecule has 0 N–H and O–H groups in total. The van der Waals surface area contributed by atoms with E-state index in [9.17, 15) is 17.7 Å². The number of azide groups is 1. The summed E-state index contributed by atoms with van der Waals surface area (Å²) in [5.74, 6) is -0.0242. The first kappa shape index (κ1) is 29.7. The molecule has 1 amide bonds. The molecule has 0 atom stereocenters. The van der Waals surface area contributed by atoms with Crippen LogP contribution in [0.1, 0.15) is 28.2 Å². The number of carbonyl (C=O) groups excluding carboxylic acids is 1. The predicted octanol–water partition coefficient (Wildman–Crippen LogP) is 3.06. The van der Waals surface area contributed by atoms with Crippen LogP contribution in [0.25, 0.3) is 21.6 Å². The van der Waals surface area contributed by atoms with Gasteiger partial charge < -0.3 is 22.6 Å². The maximum absolute atomic E-state index is 13.6. The number of carbonyl (C=O) groups is 1. The smallest absolute Gasteiger partial charge is 0.448 e. The molecule has 12 heteroatoms. The van der Waals surface area contributed by atoms with Crippen molar-refractivity contribution in [2.75, 3.05) is 32.8 Å². The van der Waals surface area contributed by atoms with Gasteiger partial charge in [0.1, 0.15) is 6.61 Å². The fourth-order valence-corrected chi connectivity index (χ4v) is 5.40. The summed E-state index contributed by atoms with van der Waals surface area (Å²) in [5.41, 5.74) is 13.0. The monoisotopic (exact) mass is 559 g/mol. The van der Waals surface area contributed by atoms with Gasteiger partial charge >= 0.3 is 64.5 Å². The van der Waals surface area contributed by atoms with Crippen LogP contribution in [0, 0.1) is 6.92 Å². The predicted molar refractivity (Wildman–Crippen MR) is 141 cm³/mol. The Bertz CT molecular complexity index is 1380. The van der Waals surface area contributed by atoms with E-state index in [-0.39, 0.29) is 81.7 Å². The van der Waals surface area contributed by atoms with Crippen molar-refractivity contribution >= 4 is 24.2 Å². The van der Waals surface area contributed by atoms with Crippen LogP contribution in [0.2, 0.25) is 0 Å². The van der Waals surface area contributed by atoms with Crippen LogP contribution >= 0.6 is 0 Å². The Kier molecular flexibility index (Phi) is 9.49. The van der Waals surface area contributed by atoms with Crippen molar-refractivity contribution in [2.24, 2.45) is 5.11 Å². The third-order valence-corrected chi connectivity index (χ3v) is 7.36. The summed E-state index contributed by atoms with van der Waals surface area (Å²) in [6.45, 7) is -1.66. The molecular weight excluding hydrogens is 533 g/mol. The van der Waals surface area contributed by atoms with Gasteiger partial charge in [0, 0.05) is 49.2 Å². The van der Waals surface area contributed by atoms with Gasteiger partial charge in [0.25, 0.3) is 0 Å². The first-order valence-corrected chi connectivity index (χ1v) is 12.5. The number of piperazine rings is 1. The van der Waals surface area contributed by atoms with E-state index in [4.69, 9.17) is 10.3 Å².